The molecular formula is C10H20O. The molecule has 0 aliphatic rings. The molecule has 66 valence electrons. The summed E-state index contributed by atoms with van der Waals surface area (Å²) in [5.41, 5.74) is 0. The third kappa shape index (κ3) is 7.60. The highest BCUT2D eigenvalue weighted by Gasteiger charge is 1.94. The van der Waals surface area contributed by atoms with Gasteiger partial charge in [-0.15, -0.1) is 6.58 Å². The Morgan fingerprint density at radius 2 is 2.18 bits per heavy atom. The molecule has 0 saturated carbocycles. The van der Waals surface area contributed by atoms with E-state index < -0.39 is 0 Å². The van der Waals surface area contributed by atoms with Gasteiger partial charge in [0.25, 0.3) is 0 Å². The second kappa shape index (κ2) is 7.80. The monoisotopic (exact) mass is 156 g/mol. The van der Waals surface area contributed by atoms with Crippen molar-refractivity contribution in [1.82, 2.24) is 0 Å². The largest absolute Gasteiger partial charge is 0.381 e. The van der Waals surface area contributed by atoms with Crippen molar-refractivity contribution in [2.45, 2.75) is 33.1 Å². The molecule has 0 saturated heterocycles. The molecule has 0 heterocycles. The molecule has 0 radical (unpaired) electrons. The maximum Gasteiger partial charge on any atom is 0.0466 e. The molecule has 0 aromatic rings. The molecule has 0 aromatic heterocycles. The molecule has 0 aliphatic heterocycles. The zero-order valence-electron chi connectivity index (χ0n) is 7.81. The molecular weight excluding hydrogens is 136 g/mol. The molecule has 11 heavy (non-hydrogen) atoms. The quantitative estimate of drug-likeness (QED) is 0.406. The fourth-order valence-corrected chi connectivity index (χ4v) is 0.872. The minimum absolute atomic E-state index is 0.639. The van der Waals surface area contributed by atoms with Gasteiger partial charge in [0.15, 0.2) is 0 Å². The molecule has 1 atom stereocenters. The van der Waals surface area contributed by atoms with Crippen LogP contribution in [0.5, 0.6) is 0 Å². The highest BCUT2D eigenvalue weighted by atomic mass is 16.5. The first-order valence-corrected chi connectivity index (χ1v) is 4.51. The normalized spacial score (nSPS) is 12.9. The predicted molar refractivity (Wildman–Crippen MR) is 49.7 cm³/mol. The smallest absolute Gasteiger partial charge is 0.0466 e. The van der Waals surface area contributed by atoms with Crippen molar-refractivity contribution >= 4 is 0 Å². The van der Waals surface area contributed by atoms with Crippen molar-refractivity contribution in [3.05, 3.63) is 12.7 Å². The van der Waals surface area contributed by atoms with Crippen molar-refractivity contribution in [3.8, 4) is 0 Å². The van der Waals surface area contributed by atoms with Crippen LogP contribution in [-0.4, -0.2) is 13.2 Å². The van der Waals surface area contributed by atoms with Crippen LogP contribution in [0, 0.1) is 5.92 Å². The van der Waals surface area contributed by atoms with Gasteiger partial charge in [0.1, 0.15) is 0 Å². The van der Waals surface area contributed by atoms with Crippen LogP contribution >= 0.6 is 0 Å². The fourth-order valence-electron chi connectivity index (χ4n) is 0.872. The topological polar surface area (TPSA) is 9.23 Å². The lowest BCUT2D eigenvalue weighted by atomic mass is 10.1. The van der Waals surface area contributed by atoms with Crippen LogP contribution in [0.2, 0.25) is 0 Å². The van der Waals surface area contributed by atoms with E-state index in [-0.39, 0.29) is 0 Å². The van der Waals surface area contributed by atoms with E-state index in [4.69, 9.17) is 4.74 Å². The molecule has 0 fully saturated rings. The lowest BCUT2D eigenvalue weighted by Gasteiger charge is -2.05. The minimum atomic E-state index is 0.639. The van der Waals surface area contributed by atoms with Crippen LogP contribution in [0.25, 0.3) is 0 Å². The molecule has 1 unspecified atom stereocenters. The zero-order valence-corrected chi connectivity index (χ0v) is 7.81. The van der Waals surface area contributed by atoms with Gasteiger partial charge in [-0.3, -0.25) is 0 Å². The number of allylic oxidation sites excluding steroid dienone is 1. The van der Waals surface area contributed by atoms with E-state index in [0.29, 0.717) is 5.92 Å². The van der Waals surface area contributed by atoms with Gasteiger partial charge >= 0.3 is 0 Å². The van der Waals surface area contributed by atoms with Crippen molar-refractivity contribution in [2.24, 2.45) is 5.92 Å². The van der Waals surface area contributed by atoms with E-state index in [0.717, 1.165) is 26.1 Å². The van der Waals surface area contributed by atoms with E-state index in [9.17, 15) is 0 Å². The van der Waals surface area contributed by atoms with Gasteiger partial charge in [0.05, 0.1) is 0 Å². The van der Waals surface area contributed by atoms with Gasteiger partial charge in [0.2, 0.25) is 0 Å². The highest BCUT2D eigenvalue weighted by molar-refractivity contribution is 4.74. The standard InChI is InChI=1S/C10H20O/c1-4-8-11-9-6-7-10(3)5-2/h5,10H,2,4,6-9H2,1,3H3. The number of hydrogen-bond donors (Lipinski definition) is 0. The average Bonchev–Trinajstić information content (AvgIpc) is 2.04. The number of hydrogen-bond acceptors (Lipinski definition) is 1. The minimum Gasteiger partial charge on any atom is -0.381 e. The maximum absolute atomic E-state index is 5.34. The second-order valence-electron chi connectivity index (χ2n) is 2.97. The van der Waals surface area contributed by atoms with E-state index in [1.165, 1.54) is 6.42 Å². The fraction of sp³-hybridized carbons (Fsp3) is 0.800. The molecule has 0 amide bonds. The third-order valence-corrected chi connectivity index (χ3v) is 1.70. The second-order valence-corrected chi connectivity index (χ2v) is 2.97. The van der Waals surface area contributed by atoms with Crippen LogP contribution < -0.4 is 0 Å². The molecule has 0 aliphatic carbocycles. The number of rotatable bonds is 7. The van der Waals surface area contributed by atoms with Crippen molar-refractivity contribution in [1.29, 1.82) is 0 Å². The lowest BCUT2D eigenvalue weighted by Crippen LogP contribution is -1.98. The molecule has 1 nitrogen and oxygen atoms in total. The maximum atomic E-state index is 5.34. The summed E-state index contributed by atoms with van der Waals surface area (Å²) in [7, 11) is 0. The Bertz CT molecular complexity index is 88.9. The molecule has 0 spiro atoms. The van der Waals surface area contributed by atoms with E-state index in [1.54, 1.807) is 0 Å². The van der Waals surface area contributed by atoms with Gasteiger partial charge in [0, 0.05) is 13.2 Å². The van der Waals surface area contributed by atoms with E-state index >= 15 is 0 Å². The number of ether oxygens (including phenoxy) is 1. The van der Waals surface area contributed by atoms with Crippen molar-refractivity contribution in [3.63, 3.8) is 0 Å². The van der Waals surface area contributed by atoms with E-state index in [2.05, 4.69) is 20.4 Å². The lowest BCUT2D eigenvalue weighted by molar-refractivity contribution is 0.129. The summed E-state index contributed by atoms with van der Waals surface area (Å²) < 4.78 is 5.34. The first kappa shape index (κ1) is 10.7. The van der Waals surface area contributed by atoms with Crippen molar-refractivity contribution in [2.75, 3.05) is 13.2 Å². The van der Waals surface area contributed by atoms with Gasteiger partial charge in [-0.05, 0) is 25.2 Å². The van der Waals surface area contributed by atoms with Crippen LogP contribution in [0.3, 0.4) is 0 Å². The highest BCUT2D eigenvalue weighted by Crippen LogP contribution is 2.05. The van der Waals surface area contributed by atoms with Gasteiger partial charge in [-0.25, -0.2) is 0 Å². The van der Waals surface area contributed by atoms with Crippen LogP contribution in [-0.2, 0) is 4.74 Å². The first-order chi connectivity index (χ1) is 5.31. The molecule has 1 heteroatoms. The molecule has 0 rings (SSSR count). The summed E-state index contributed by atoms with van der Waals surface area (Å²) in [6.45, 7) is 9.87. The van der Waals surface area contributed by atoms with E-state index in [1.807, 2.05) is 6.08 Å². The summed E-state index contributed by atoms with van der Waals surface area (Å²) in [5, 5.41) is 0. The average molecular weight is 156 g/mol. The predicted octanol–water partition coefficient (Wildman–Crippen LogP) is 3.02. The summed E-state index contributed by atoms with van der Waals surface area (Å²) in [6, 6.07) is 0. The molecule has 0 aromatic carbocycles. The molecule has 0 N–H and O–H groups in total. The summed E-state index contributed by atoms with van der Waals surface area (Å²) in [4.78, 5) is 0. The SMILES string of the molecule is C=CC(C)CCCOCCC. The van der Waals surface area contributed by atoms with Gasteiger partial charge in [-0.1, -0.05) is 19.9 Å². The van der Waals surface area contributed by atoms with Crippen LogP contribution in [0.15, 0.2) is 12.7 Å². The summed E-state index contributed by atoms with van der Waals surface area (Å²) >= 11 is 0. The summed E-state index contributed by atoms with van der Waals surface area (Å²) in [5.74, 6) is 0.639. The van der Waals surface area contributed by atoms with Gasteiger partial charge < -0.3 is 4.74 Å². The van der Waals surface area contributed by atoms with Crippen molar-refractivity contribution < 1.29 is 4.74 Å². The Morgan fingerprint density at radius 1 is 1.45 bits per heavy atom. The first-order valence-electron chi connectivity index (χ1n) is 4.51. The Balaban J connectivity index is 2.95. The molecule has 0 bridgehead atoms. The Kier molecular flexibility index (Phi) is 7.59. The van der Waals surface area contributed by atoms with Crippen LogP contribution in [0.1, 0.15) is 33.1 Å². The Morgan fingerprint density at radius 3 is 2.73 bits per heavy atom. The zero-order chi connectivity index (χ0) is 8.53. The third-order valence-electron chi connectivity index (χ3n) is 1.70. The van der Waals surface area contributed by atoms with Crippen LogP contribution in [0.4, 0.5) is 0 Å². The Hall–Kier alpha value is -0.300. The Labute approximate surface area is 70.4 Å². The van der Waals surface area contributed by atoms with Gasteiger partial charge in [-0.2, -0.15) is 0 Å². The summed E-state index contributed by atoms with van der Waals surface area (Å²) in [6.07, 6.45) is 5.48.